The summed E-state index contributed by atoms with van der Waals surface area (Å²) < 4.78 is 28.5. The first kappa shape index (κ1) is 22.3. The number of aromatic hydroxyl groups is 1. The zero-order valence-electron chi connectivity index (χ0n) is 18.9. The van der Waals surface area contributed by atoms with E-state index >= 15 is 0 Å². The maximum atomic E-state index is 14.3. The molecule has 0 bridgehead atoms. The minimum absolute atomic E-state index is 0.0305. The van der Waals surface area contributed by atoms with E-state index in [9.17, 15) is 23.5 Å². The number of halogens is 3. The number of hydrogen-bond acceptors (Lipinski definition) is 3. The van der Waals surface area contributed by atoms with Crippen LogP contribution in [0.1, 0.15) is 53.2 Å². The summed E-state index contributed by atoms with van der Waals surface area (Å²) in [5.41, 5.74) is 1.76. The van der Waals surface area contributed by atoms with Gasteiger partial charge in [0.15, 0.2) is 11.6 Å². The fraction of sp³-hybridized carbons (Fsp3) is 0.385. The second-order valence-electron chi connectivity index (χ2n) is 9.89. The highest BCUT2D eigenvalue weighted by Gasteiger charge is 2.55. The van der Waals surface area contributed by atoms with Crippen molar-refractivity contribution in [1.82, 2.24) is 14.8 Å². The van der Waals surface area contributed by atoms with Crippen molar-refractivity contribution in [2.45, 2.75) is 43.6 Å². The Morgan fingerprint density at radius 2 is 1.94 bits per heavy atom. The minimum atomic E-state index is -1.26. The van der Waals surface area contributed by atoms with E-state index < -0.39 is 34.4 Å². The predicted octanol–water partition coefficient (Wildman–Crippen LogP) is 4.74. The molecule has 3 heterocycles. The van der Waals surface area contributed by atoms with Crippen LogP contribution >= 0.6 is 11.6 Å². The van der Waals surface area contributed by atoms with E-state index in [1.165, 1.54) is 4.90 Å². The summed E-state index contributed by atoms with van der Waals surface area (Å²) in [5, 5.41) is 11.3. The molecule has 35 heavy (non-hydrogen) atoms. The van der Waals surface area contributed by atoms with E-state index in [0.29, 0.717) is 11.6 Å². The number of rotatable bonds is 2. The first-order chi connectivity index (χ1) is 16.8. The van der Waals surface area contributed by atoms with Gasteiger partial charge in [0.1, 0.15) is 11.4 Å². The number of likely N-dealkylation sites (tertiary alicyclic amines) is 2. The average Bonchev–Trinajstić information content (AvgIpc) is 3.42. The number of aromatic nitrogens is 1. The SMILES string of the molecule is O=C(c1c(F)ccc(O)c1F)N1CC2(CCCN2C(=O)C2CCCc3c2[nH]c2ccc(Cl)cc32)C1. The second-order valence-corrected chi connectivity index (χ2v) is 10.3. The fourth-order valence-corrected chi connectivity index (χ4v) is 6.36. The Labute approximate surface area is 205 Å². The van der Waals surface area contributed by atoms with Crippen molar-refractivity contribution in [2.24, 2.45) is 0 Å². The number of nitrogens with zero attached hydrogens (tertiary/aromatic N) is 2. The number of H-pyrrole nitrogens is 1. The van der Waals surface area contributed by atoms with Crippen molar-refractivity contribution in [1.29, 1.82) is 0 Å². The standard InChI is InChI=1S/C26H24ClF2N3O3/c27-14-5-7-19-17(11-14)15-3-1-4-16(23(15)30-19)24(34)32-10-2-9-26(32)12-31(13-26)25(35)21-18(28)6-8-20(33)22(21)29/h5-8,11,16,30,33H,1-4,9-10,12-13H2. The highest BCUT2D eigenvalue weighted by atomic mass is 35.5. The topological polar surface area (TPSA) is 76.6 Å². The zero-order valence-corrected chi connectivity index (χ0v) is 19.7. The molecule has 0 radical (unpaired) electrons. The van der Waals surface area contributed by atoms with Gasteiger partial charge in [-0.15, -0.1) is 0 Å². The zero-order chi connectivity index (χ0) is 24.5. The number of phenols is 1. The van der Waals surface area contributed by atoms with Crippen LogP contribution in [0, 0.1) is 11.6 Å². The van der Waals surface area contributed by atoms with Crippen molar-refractivity contribution in [3.8, 4) is 5.75 Å². The van der Waals surface area contributed by atoms with E-state index in [4.69, 9.17) is 11.6 Å². The molecule has 2 amide bonds. The summed E-state index contributed by atoms with van der Waals surface area (Å²) >= 11 is 6.21. The van der Waals surface area contributed by atoms with Gasteiger partial charge in [-0.3, -0.25) is 9.59 Å². The Balaban J connectivity index is 1.25. The third-order valence-electron chi connectivity index (χ3n) is 7.87. The van der Waals surface area contributed by atoms with Gasteiger partial charge in [0.2, 0.25) is 5.91 Å². The van der Waals surface area contributed by atoms with Crippen LogP contribution in [0.25, 0.3) is 10.9 Å². The molecule has 6 rings (SSSR count). The summed E-state index contributed by atoms with van der Waals surface area (Å²) in [4.78, 5) is 33.4. The van der Waals surface area contributed by atoms with Gasteiger partial charge in [-0.05, 0) is 68.0 Å². The summed E-state index contributed by atoms with van der Waals surface area (Å²) in [7, 11) is 0. The Hall–Kier alpha value is -3.13. The molecule has 3 aliphatic rings. The number of phenolic OH excluding ortho intramolecular Hbond substituents is 1. The van der Waals surface area contributed by atoms with Gasteiger partial charge >= 0.3 is 0 Å². The lowest BCUT2D eigenvalue weighted by Crippen LogP contribution is -2.70. The van der Waals surface area contributed by atoms with Gasteiger partial charge in [-0.2, -0.15) is 0 Å². The molecule has 3 aromatic rings. The van der Waals surface area contributed by atoms with Crippen LogP contribution in [-0.4, -0.2) is 56.9 Å². The number of carbonyl (C=O) groups excluding carboxylic acids is 2. The maximum absolute atomic E-state index is 14.3. The molecule has 6 nitrogen and oxygen atoms in total. The Kier molecular flexibility index (Phi) is 5.07. The van der Waals surface area contributed by atoms with Crippen LogP contribution in [0.4, 0.5) is 8.78 Å². The number of aromatic amines is 1. The maximum Gasteiger partial charge on any atom is 0.260 e. The molecule has 0 saturated carbocycles. The molecule has 2 saturated heterocycles. The number of fused-ring (bicyclic) bond motifs is 3. The third-order valence-corrected chi connectivity index (χ3v) is 8.11. The lowest BCUT2D eigenvalue weighted by Gasteiger charge is -2.53. The van der Waals surface area contributed by atoms with E-state index in [1.807, 2.05) is 23.1 Å². The van der Waals surface area contributed by atoms with Gasteiger partial charge in [0.05, 0.1) is 11.5 Å². The van der Waals surface area contributed by atoms with Gasteiger partial charge in [-0.1, -0.05) is 11.6 Å². The molecule has 1 aliphatic carbocycles. The highest BCUT2D eigenvalue weighted by molar-refractivity contribution is 6.31. The molecular formula is C26H24ClF2N3O3. The molecule has 1 aromatic heterocycles. The van der Waals surface area contributed by atoms with Crippen molar-refractivity contribution in [3.63, 3.8) is 0 Å². The van der Waals surface area contributed by atoms with Crippen LogP contribution in [0.2, 0.25) is 5.02 Å². The number of benzene rings is 2. The Bertz CT molecular complexity index is 1380. The third kappa shape index (κ3) is 3.33. The monoisotopic (exact) mass is 499 g/mol. The number of nitrogens with one attached hydrogen (secondary N) is 1. The number of carbonyl (C=O) groups is 2. The fourth-order valence-electron chi connectivity index (χ4n) is 6.18. The van der Waals surface area contributed by atoms with Gasteiger partial charge in [0, 0.05) is 41.3 Å². The quantitative estimate of drug-likeness (QED) is 0.534. The normalized spacial score (nSPS) is 20.8. The van der Waals surface area contributed by atoms with E-state index in [-0.39, 0.29) is 24.9 Å². The summed E-state index contributed by atoms with van der Waals surface area (Å²) in [6.07, 6.45) is 4.06. The molecule has 182 valence electrons. The largest absolute Gasteiger partial charge is 0.505 e. The number of aryl methyl sites for hydroxylation is 1. The average molecular weight is 500 g/mol. The predicted molar refractivity (Wildman–Crippen MR) is 127 cm³/mol. The van der Waals surface area contributed by atoms with Gasteiger partial charge < -0.3 is 19.9 Å². The minimum Gasteiger partial charge on any atom is -0.505 e. The molecule has 2 N–H and O–H groups in total. The molecular weight excluding hydrogens is 476 g/mol. The lowest BCUT2D eigenvalue weighted by molar-refractivity contribution is -0.142. The smallest absolute Gasteiger partial charge is 0.260 e. The lowest BCUT2D eigenvalue weighted by atomic mass is 9.82. The Morgan fingerprint density at radius 1 is 1.14 bits per heavy atom. The van der Waals surface area contributed by atoms with E-state index in [0.717, 1.165) is 66.4 Å². The molecule has 2 aromatic carbocycles. The van der Waals surface area contributed by atoms with Crippen molar-refractivity contribution < 1.29 is 23.5 Å². The Morgan fingerprint density at radius 3 is 2.74 bits per heavy atom. The van der Waals surface area contributed by atoms with Crippen LogP contribution in [0.3, 0.4) is 0 Å². The van der Waals surface area contributed by atoms with Crippen molar-refractivity contribution in [2.75, 3.05) is 19.6 Å². The molecule has 2 aliphatic heterocycles. The van der Waals surface area contributed by atoms with Crippen molar-refractivity contribution in [3.05, 3.63) is 63.8 Å². The first-order valence-electron chi connectivity index (χ1n) is 11.9. The summed E-state index contributed by atoms with van der Waals surface area (Å²) in [5.74, 6) is -4.12. The number of amides is 2. The molecule has 9 heteroatoms. The molecule has 2 fully saturated rings. The summed E-state index contributed by atoms with van der Waals surface area (Å²) in [6, 6.07) is 7.46. The van der Waals surface area contributed by atoms with Crippen LogP contribution in [0.15, 0.2) is 30.3 Å². The first-order valence-corrected chi connectivity index (χ1v) is 12.2. The molecule has 1 spiro atoms. The van der Waals surface area contributed by atoms with Crippen LogP contribution in [0.5, 0.6) is 5.75 Å². The van der Waals surface area contributed by atoms with Crippen LogP contribution in [-0.2, 0) is 11.2 Å². The van der Waals surface area contributed by atoms with E-state index in [2.05, 4.69) is 4.98 Å². The highest BCUT2D eigenvalue weighted by Crippen LogP contribution is 2.44. The van der Waals surface area contributed by atoms with E-state index in [1.54, 1.807) is 0 Å². The second kappa shape index (κ2) is 7.95. The van der Waals surface area contributed by atoms with Crippen molar-refractivity contribution >= 4 is 34.3 Å². The van der Waals surface area contributed by atoms with Gasteiger partial charge in [0.25, 0.3) is 5.91 Å². The number of hydrogen-bond donors (Lipinski definition) is 2. The summed E-state index contributed by atoms with van der Waals surface area (Å²) in [6.45, 7) is 1.02. The molecule has 1 unspecified atom stereocenters. The van der Waals surface area contributed by atoms with Crippen LogP contribution < -0.4 is 0 Å². The molecule has 1 atom stereocenters. The van der Waals surface area contributed by atoms with Gasteiger partial charge in [-0.25, -0.2) is 8.78 Å².